The van der Waals surface area contributed by atoms with Crippen molar-refractivity contribution in [3.63, 3.8) is 0 Å². The molecule has 2 fully saturated rings. The summed E-state index contributed by atoms with van der Waals surface area (Å²) in [5, 5.41) is 9.52. The van der Waals surface area contributed by atoms with Gasteiger partial charge < -0.3 is 20.9 Å². The maximum Gasteiger partial charge on any atom is 0.255 e. The van der Waals surface area contributed by atoms with Gasteiger partial charge in [-0.05, 0) is 75.4 Å². The molecule has 0 saturated carbocycles. The number of hydrogen-bond donors (Lipinski definition) is 4. The molecule has 0 aliphatic carbocycles. The van der Waals surface area contributed by atoms with Crippen LogP contribution in [0, 0.1) is 11.8 Å². The molecular formula is C20H30N4O2. The fourth-order valence-corrected chi connectivity index (χ4v) is 4.03. The number of nitrogens with one attached hydrogen (secondary N) is 4. The van der Waals surface area contributed by atoms with Gasteiger partial charge in [0, 0.05) is 30.8 Å². The van der Waals surface area contributed by atoms with Crippen LogP contribution in [-0.4, -0.2) is 43.6 Å². The largest absolute Gasteiger partial charge is 0.356 e. The fraction of sp³-hybridized carbons (Fsp3) is 0.600. The Labute approximate surface area is 154 Å². The number of piperidine rings is 2. The van der Waals surface area contributed by atoms with Crippen LogP contribution in [0.4, 0.5) is 0 Å². The van der Waals surface area contributed by atoms with Gasteiger partial charge in [0.25, 0.3) is 5.56 Å². The van der Waals surface area contributed by atoms with Crippen molar-refractivity contribution in [2.45, 2.75) is 32.1 Å². The lowest BCUT2D eigenvalue weighted by Crippen LogP contribution is -2.43. The summed E-state index contributed by atoms with van der Waals surface area (Å²) in [5.41, 5.74) is 1.97. The molecule has 1 atom stereocenters. The van der Waals surface area contributed by atoms with E-state index >= 15 is 0 Å². The van der Waals surface area contributed by atoms with Crippen molar-refractivity contribution >= 4 is 11.5 Å². The first-order valence-electron chi connectivity index (χ1n) is 9.82. The van der Waals surface area contributed by atoms with Gasteiger partial charge in [0.05, 0.1) is 0 Å². The second-order valence-electron chi connectivity index (χ2n) is 7.22. The third kappa shape index (κ3) is 5.05. The zero-order valence-electron chi connectivity index (χ0n) is 15.4. The van der Waals surface area contributed by atoms with Gasteiger partial charge in [-0.3, -0.25) is 9.59 Å². The molecular weight excluding hydrogens is 328 g/mol. The van der Waals surface area contributed by atoms with Gasteiger partial charge >= 0.3 is 0 Å². The van der Waals surface area contributed by atoms with E-state index in [2.05, 4.69) is 27.0 Å². The number of hydrogen-bond acceptors (Lipinski definition) is 4. The van der Waals surface area contributed by atoms with Crippen LogP contribution in [0.5, 0.6) is 0 Å². The van der Waals surface area contributed by atoms with E-state index in [0.29, 0.717) is 17.7 Å². The number of amides is 1. The standard InChI is InChI=1S/C10H18N2O.C10H12N2O/c2*13-10-9(2-1-5-12-10)8-3-6-11-7-4-8/h8-9,11H,1-7H2,(H,12,13);1-3,5,11H,4,6-7H2,(H,12,13). The Bertz CT molecular complexity index is 676. The van der Waals surface area contributed by atoms with Gasteiger partial charge in [-0.1, -0.05) is 6.08 Å². The normalized spacial score (nSPS) is 24.1. The Morgan fingerprint density at radius 3 is 2.50 bits per heavy atom. The summed E-state index contributed by atoms with van der Waals surface area (Å²) in [7, 11) is 0. The van der Waals surface area contributed by atoms with Crippen molar-refractivity contribution < 1.29 is 4.79 Å². The number of pyridine rings is 1. The molecule has 1 amide bonds. The first kappa shape index (κ1) is 18.9. The van der Waals surface area contributed by atoms with Crippen LogP contribution < -0.4 is 21.5 Å². The number of carbonyl (C=O) groups excluding carboxylic acids is 1. The van der Waals surface area contributed by atoms with Gasteiger partial charge in [0.15, 0.2) is 0 Å². The zero-order valence-corrected chi connectivity index (χ0v) is 15.4. The molecule has 26 heavy (non-hydrogen) atoms. The number of rotatable bonds is 2. The Morgan fingerprint density at radius 2 is 1.81 bits per heavy atom. The monoisotopic (exact) mass is 358 g/mol. The van der Waals surface area contributed by atoms with E-state index in [9.17, 15) is 9.59 Å². The molecule has 3 aliphatic rings. The third-order valence-corrected chi connectivity index (χ3v) is 5.51. The second kappa shape index (κ2) is 9.69. The summed E-state index contributed by atoms with van der Waals surface area (Å²) in [6, 6.07) is 3.73. The molecule has 142 valence electrons. The van der Waals surface area contributed by atoms with Crippen LogP contribution in [0.2, 0.25) is 0 Å². The van der Waals surface area contributed by atoms with Crippen molar-refractivity contribution in [1.29, 1.82) is 0 Å². The van der Waals surface area contributed by atoms with Crippen molar-refractivity contribution in [1.82, 2.24) is 20.9 Å². The number of H-pyrrole nitrogens is 1. The maximum atomic E-state index is 11.6. The lowest BCUT2D eigenvalue weighted by atomic mass is 9.80. The molecule has 2 saturated heterocycles. The molecule has 0 bridgehead atoms. The molecule has 6 heteroatoms. The zero-order chi connectivity index (χ0) is 18.2. The number of carbonyl (C=O) groups is 1. The summed E-state index contributed by atoms with van der Waals surface area (Å²) in [6.07, 6.45) is 9.31. The van der Waals surface area contributed by atoms with E-state index in [0.717, 1.165) is 56.7 Å². The van der Waals surface area contributed by atoms with E-state index in [1.54, 1.807) is 6.20 Å². The quantitative estimate of drug-likeness (QED) is 0.641. The Balaban J connectivity index is 0.000000151. The molecule has 0 aromatic carbocycles. The van der Waals surface area contributed by atoms with Crippen molar-refractivity contribution in [2.24, 2.45) is 11.8 Å². The molecule has 4 rings (SSSR count). The highest BCUT2D eigenvalue weighted by molar-refractivity contribution is 5.79. The van der Waals surface area contributed by atoms with Crippen LogP contribution in [0.25, 0.3) is 5.57 Å². The molecule has 1 unspecified atom stereocenters. The molecule has 1 aromatic rings. The minimum absolute atomic E-state index is 0.00986. The fourth-order valence-electron chi connectivity index (χ4n) is 4.03. The topological polar surface area (TPSA) is 86.0 Å². The Kier molecular flexibility index (Phi) is 7.03. The average Bonchev–Trinajstić information content (AvgIpc) is 2.71. The molecule has 4 N–H and O–H groups in total. The summed E-state index contributed by atoms with van der Waals surface area (Å²) in [5.74, 6) is 1.26. The van der Waals surface area contributed by atoms with Crippen LogP contribution in [-0.2, 0) is 4.79 Å². The smallest absolute Gasteiger partial charge is 0.255 e. The molecule has 1 aromatic heterocycles. The van der Waals surface area contributed by atoms with E-state index in [4.69, 9.17) is 0 Å². The van der Waals surface area contributed by atoms with Crippen LogP contribution >= 0.6 is 0 Å². The lowest BCUT2D eigenvalue weighted by molar-refractivity contribution is -0.128. The average molecular weight is 358 g/mol. The van der Waals surface area contributed by atoms with E-state index < -0.39 is 0 Å². The van der Waals surface area contributed by atoms with Gasteiger partial charge in [-0.15, -0.1) is 0 Å². The highest BCUT2D eigenvalue weighted by Crippen LogP contribution is 2.27. The maximum absolute atomic E-state index is 11.6. The number of aromatic amines is 1. The van der Waals surface area contributed by atoms with E-state index in [1.807, 2.05) is 12.1 Å². The molecule has 0 radical (unpaired) electrons. The summed E-state index contributed by atoms with van der Waals surface area (Å²) < 4.78 is 0. The summed E-state index contributed by atoms with van der Waals surface area (Å²) in [6.45, 7) is 4.90. The molecule has 3 aliphatic heterocycles. The minimum Gasteiger partial charge on any atom is -0.356 e. The predicted octanol–water partition coefficient (Wildman–Crippen LogP) is 1.26. The van der Waals surface area contributed by atoms with Crippen molar-refractivity contribution in [2.75, 3.05) is 32.7 Å². The highest BCUT2D eigenvalue weighted by Gasteiger charge is 2.30. The summed E-state index contributed by atoms with van der Waals surface area (Å²) >= 11 is 0. The highest BCUT2D eigenvalue weighted by atomic mass is 16.2. The molecule has 4 heterocycles. The van der Waals surface area contributed by atoms with Crippen LogP contribution in [0.1, 0.15) is 37.7 Å². The van der Waals surface area contributed by atoms with Gasteiger partial charge in [0.1, 0.15) is 0 Å². The van der Waals surface area contributed by atoms with Crippen molar-refractivity contribution in [3.8, 4) is 0 Å². The van der Waals surface area contributed by atoms with Gasteiger partial charge in [0.2, 0.25) is 5.91 Å². The minimum atomic E-state index is 0.00986. The van der Waals surface area contributed by atoms with E-state index in [1.165, 1.54) is 19.3 Å². The van der Waals surface area contributed by atoms with Crippen molar-refractivity contribution in [3.05, 3.63) is 40.3 Å². The Hall–Kier alpha value is -1.92. The SMILES string of the molecule is O=C1NCCCC1C1CCNCC1.O=c1[nH]cccc1C1=CCNCC1. The predicted molar refractivity (Wildman–Crippen MR) is 104 cm³/mol. The first-order chi connectivity index (χ1) is 12.8. The molecule has 6 nitrogen and oxygen atoms in total. The van der Waals surface area contributed by atoms with E-state index in [-0.39, 0.29) is 5.56 Å². The van der Waals surface area contributed by atoms with Crippen LogP contribution in [0.3, 0.4) is 0 Å². The summed E-state index contributed by atoms with van der Waals surface area (Å²) in [4.78, 5) is 25.6. The molecule has 0 spiro atoms. The number of aromatic nitrogens is 1. The Morgan fingerprint density at radius 1 is 0.962 bits per heavy atom. The first-order valence-corrected chi connectivity index (χ1v) is 9.82. The van der Waals surface area contributed by atoms with Crippen LogP contribution in [0.15, 0.2) is 29.2 Å². The van der Waals surface area contributed by atoms with Gasteiger partial charge in [-0.2, -0.15) is 0 Å². The lowest BCUT2D eigenvalue weighted by Gasteiger charge is -2.32. The third-order valence-electron chi connectivity index (χ3n) is 5.51. The van der Waals surface area contributed by atoms with Gasteiger partial charge in [-0.25, -0.2) is 0 Å². The second-order valence-corrected chi connectivity index (χ2v) is 7.22.